The van der Waals surface area contributed by atoms with E-state index in [0.29, 0.717) is 19.6 Å². The van der Waals surface area contributed by atoms with Crippen molar-refractivity contribution in [2.45, 2.75) is 39.3 Å². The van der Waals surface area contributed by atoms with Gasteiger partial charge < -0.3 is 10.1 Å². The van der Waals surface area contributed by atoms with Gasteiger partial charge in [-0.2, -0.15) is 0 Å². The van der Waals surface area contributed by atoms with Crippen LogP contribution >= 0.6 is 0 Å². The molecule has 1 fully saturated rings. The number of urea groups is 1. The summed E-state index contributed by atoms with van der Waals surface area (Å²) in [5.74, 6) is -0.256. The molecule has 1 unspecified atom stereocenters. The second-order valence-electron chi connectivity index (χ2n) is 5.82. The Bertz CT molecular complexity index is 525. The standard InChI is InChI=1S/C16H22N2O3/c1-11(2)16(14(19)17-15(20)18-16)8-9-21-10-13-6-4-12(3)5-7-13/h4-7,11H,8-10H2,1-3H3,(H2,17,18,19,20). The average molecular weight is 290 g/mol. The molecule has 0 bridgehead atoms. The molecule has 0 radical (unpaired) electrons. The van der Waals surface area contributed by atoms with Gasteiger partial charge in [-0.25, -0.2) is 4.79 Å². The molecule has 2 rings (SSSR count). The number of rotatable bonds is 6. The molecule has 1 heterocycles. The smallest absolute Gasteiger partial charge is 0.322 e. The van der Waals surface area contributed by atoms with Crippen molar-refractivity contribution in [3.05, 3.63) is 35.4 Å². The molecular weight excluding hydrogens is 268 g/mol. The summed E-state index contributed by atoms with van der Waals surface area (Å²) in [6.07, 6.45) is 0.466. The van der Waals surface area contributed by atoms with Gasteiger partial charge in [0.15, 0.2) is 0 Å². The molecule has 0 saturated carbocycles. The monoisotopic (exact) mass is 290 g/mol. The van der Waals surface area contributed by atoms with Gasteiger partial charge in [-0.1, -0.05) is 43.7 Å². The van der Waals surface area contributed by atoms with Crippen molar-refractivity contribution in [2.75, 3.05) is 6.61 Å². The summed E-state index contributed by atoms with van der Waals surface area (Å²) in [7, 11) is 0. The van der Waals surface area contributed by atoms with Gasteiger partial charge in [0.05, 0.1) is 6.61 Å². The van der Waals surface area contributed by atoms with E-state index < -0.39 is 11.6 Å². The Kier molecular flexibility index (Phi) is 4.63. The third-order valence-corrected chi connectivity index (χ3v) is 3.98. The van der Waals surface area contributed by atoms with Gasteiger partial charge in [-0.05, 0) is 18.4 Å². The van der Waals surface area contributed by atoms with Crippen molar-refractivity contribution >= 4 is 11.9 Å². The fraction of sp³-hybridized carbons (Fsp3) is 0.500. The highest BCUT2D eigenvalue weighted by atomic mass is 16.5. The first kappa shape index (κ1) is 15.5. The van der Waals surface area contributed by atoms with Crippen LogP contribution in [0, 0.1) is 12.8 Å². The molecule has 0 aliphatic carbocycles. The summed E-state index contributed by atoms with van der Waals surface area (Å²) in [5.41, 5.74) is 1.45. The molecular formula is C16H22N2O3. The first-order chi connectivity index (χ1) is 9.94. The number of nitrogens with one attached hydrogen (secondary N) is 2. The highest BCUT2D eigenvalue weighted by Crippen LogP contribution is 2.25. The first-order valence-corrected chi connectivity index (χ1v) is 7.21. The van der Waals surface area contributed by atoms with Crippen molar-refractivity contribution < 1.29 is 14.3 Å². The van der Waals surface area contributed by atoms with Crippen LogP contribution < -0.4 is 10.6 Å². The fourth-order valence-corrected chi connectivity index (χ4v) is 2.48. The number of imide groups is 1. The van der Waals surface area contributed by atoms with Crippen LogP contribution in [-0.4, -0.2) is 24.1 Å². The van der Waals surface area contributed by atoms with E-state index in [4.69, 9.17) is 4.74 Å². The van der Waals surface area contributed by atoms with Crippen LogP contribution in [0.3, 0.4) is 0 Å². The van der Waals surface area contributed by atoms with Crippen LogP contribution in [0.2, 0.25) is 0 Å². The summed E-state index contributed by atoms with van der Waals surface area (Å²) in [4.78, 5) is 23.4. The predicted octanol–water partition coefficient (Wildman–Crippen LogP) is 2.14. The van der Waals surface area contributed by atoms with Gasteiger partial charge >= 0.3 is 6.03 Å². The second-order valence-corrected chi connectivity index (χ2v) is 5.82. The Morgan fingerprint density at radius 3 is 2.38 bits per heavy atom. The Morgan fingerprint density at radius 1 is 1.19 bits per heavy atom. The zero-order chi connectivity index (χ0) is 15.5. The lowest BCUT2D eigenvalue weighted by Crippen LogP contribution is -2.52. The zero-order valence-electron chi connectivity index (χ0n) is 12.7. The molecule has 2 N–H and O–H groups in total. The number of carbonyl (C=O) groups excluding carboxylic acids is 2. The Balaban J connectivity index is 1.87. The largest absolute Gasteiger partial charge is 0.377 e. The van der Waals surface area contributed by atoms with Crippen molar-refractivity contribution in [2.24, 2.45) is 5.92 Å². The van der Waals surface area contributed by atoms with E-state index in [1.54, 1.807) is 0 Å². The van der Waals surface area contributed by atoms with Crippen molar-refractivity contribution in [3.63, 3.8) is 0 Å². The predicted molar refractivity (Wildman–Crippen MR) is 79.7 cm³/mol. The van der Waals surface area contributed by atoms with E-state index in [0.717, 1.165) is 5.56 Å². The molecule has 1 atom stereocenters. The van der Waals surface area contributed by atoms with E-state index in [9.17, 15) is 9.59 Å². The number of ether oxygens (including phenoxy) is 1. The third kappa shape index (κ3) is 3.42. The summed E-state index contributed by atoms with van der Waals surface area (Å²) < 4.78 is 5.65. The molecule has 5 nitrogen and oxygen atoms in total. The maximum Gasteiger partial charge on any atom is 0.322 e. The minimum atomic E-state index is -0.857. The van der Waals surface area contributed by atoms with Gasteiger partial charge in [0.1, 0.15) is 5.54 Å². The van der Waals surface area contributed by atoms with Gasteiger partial charge in [0.25, 0.3) is 5.91 Å². The summed E-state index contributed by atoms with van der Waals surface area (Å²) in [6, 6.07) is 7.71. The normalized spacial score (nSPS) is 21.5. The van der Waals surface area contributed by atoms with Crippen LogP contribution in [-0.2, 0) is 16.1 Å². The Labute approximate surface area is 125 Å². The summed E-state index contributed by atoms with van der Waals surface area (Å²) >= 11 is 0. The van der Waals surface area contributed by atoms with Crippen molar-refractivity contribution in [1.82, 2.24) is 10.6 Å². The van der Waals surface area contributed by atoms with Crippen LogP contribution in [0.15, 0.2) is 24.3 Å². The molecule has 1 aromatic rings. The van der Waals surface area contributed by atoms with E-state index >= 15 is 0 Å². The average Bonchev–Trinajstić information content (AvgIpc) is 2.72. The fourth-order valence-electron chi connectivity index (χ4n) is 2.48. The summed E-state index contributed by atoms with van der Waals surface area (Å²) in [6.45, 7) is 6.80. The number of hydrogen-bond donors (Lipinski definition) is 2. The van der Waals surface area contributed by atoms with E-state index in [-0.39, 0.29) is 11.8 Å². The lowest BCUT2D eigenvalue weighted by molar-refractivity contribution is -0.126. The number of carbonyl (C=O) groups is 2. The van der Waals surface area contributed by atoms with Crippen molar-refractivity contribution in [3.8, 4) is 0 Å². The number of amides is 3. The summed E-state index contributed by atoms with van der Waals surface area (Å²) in [5, 5.41) is 5.05. The molecule has 1 aromatic carbocycles. The second kappa shape index (κ2) is 6.26. The SMILES string of the molecule is Cc1ccc(COCCC2(C(C)C)NC(=O)NC2=O)cc1. The van der Waals surface area contributed by atoms with E-state index in [1.807, 2.05) is 45.0 Å². The van der Waals surface area contributed by atoms with Crippen LogP contribution in [0.1, 0.15) is 31.4 Å². The Morgan fingerprint density at radius 2 is 1.86 bits per heavy atom. The molecule has 0 spiro atoms. The molecule has 0 aromatic heterocycles. The topological polar surface area (TPSA) is 67.4 Å². The minimum absolute atomic E-state index is 0.00641. The van der Waals surface area contributed by atoms with E-state index in [2.05, 4.69) is 10.6 Å². The van der Waals surface area contributed by atoms with Crippen molar-refractivity contribution in [1.29, 1.82) is 0 Å². The maximum absolute atomic E-state index is 12.0. The third-order valence-electron chi connectivity index (χ3n) is 3.98. The molecule has 1 saturated heterocycles. The number of hydrogen-bond acceptors (Lipinski definition) is 3. The molecule has 1 aliphatic rings. The van der Waals surface area contributed by atoms with E-state index in [1.165, 1.54) is 5.56 Å². The lowest BCUT2D eigenvalue weighted by atomic mass is 9.84. The van der Waals surface area contributed by atoms with Gasteiger partial charge in [0.2, 0.25) is 0 Å². The molecule has 3 amide bonds. The minimum Gasteiger partial charge on any atom is -0.377 e. The maximum atomic E-state index is 12.0. The molecule has 1 aliphatic heterocycles. The van der Waals surface area contributed by atoms with Crippen LogP contribution in [0.5, 0.6) is 0 Å². The highest BCUT2D eigenvalue weighted by Gasteiger charge is 2.48. The lowest BCUT2D eigenvalue weighted by Gasteiger charge is -2.30. The molecule has 21 heavy (non-hydrogen) atoms. The van der Waals surface area contributed by atoms with Crippen LogP contribution in [0.4, 0.5) is 4.79 Å². The Hall–Kier alpha value is -1.88. The van der Waals surface area contributed by atoms with Gasteiger partial charge in [0, 0.05) is 13.0 Å². The van der Waals surface area contributed by atoms with Gasteiger partial charge in [-0.15, -0.1) is 0 Å². The number of aryl methyl sites for hydroxylation is 1. The quantitative estimate of drug-likeness (QED) is 0.623. The highest BCUT2D eigenvalue weighted by molar-refractivity contribution is 6.07. The van der Waals surface area contributed by atoms with Gasteiger partial charge in [-0.3, -0.25) is 10.1 Å². The number of benzene rings is 1. The molecule has 114 valence electrons. The zero-order valence-corrected chi connectivity index (χ0v) is 12.7. The molecule has 5 heteroatoms. The van der Waals surface area contributed by atoms with Crippen LogP contribution in [0.25, 0.3) is 0 Å². The first-order valence-electron chi connectivity index (χ1n) is 7.21.